The van der Waals surface area contributed by atoms with Gasteiger partial charge in [-0.2, -0.15) is 4.68 Å². The number of β-lactam (4-membered cyclic amide) rings is 1. The molecule has 2 aliphatic heterocycles. The summed E-state index contributed by atoms with van der Waals surface area (Å²) in [5, 5.41) is 18.3. The lowest BCUT2D eigenvalue weighted by atomic mass is 10.0. The Kier molecular flexibility index (Phi) is 6.80. The fraction of sp³-hybridized carbons (Fsp3) is 0.333. The lowest BCUT2D eigenvalue weighted by molar-refractivity contribution is -0.730. The summed E-state index contributed by atoms with van der Waals surface area (Å²) in [6, 6.07) is 2.26. The van der Waals surface area contributed by atoms with Crippen molar-refractivity contribution in [2.24, 2.45) is 12.2 Å². The average molecular weight is 575 g/mol. The van der Waals surface area contributed by atoms with Gasteiger partial charge in [-0.05, 0) is 31.1 Å². The summed E-state index contributed by atoms with van der Waals surface area (Å²) in [5.41, 5.74) is 8.20. The first-order chi connectivity index (χ1) is 18.5. The number of aromatic nitrogens is 3. The molecule has 0 bridgehead atoms. The van der Waals surface area contributed by atoms with Crippen LogP contribution in [0.15, 0.2) is 33.9 Å². The van der Waals surface area contributed by atoms with E-state index >= 15 is 0 Å². The van der Waals surface area contributed by atoms with Crippen LogP contribution < -0.4 is 15.7 Å². The summed E-state index contributed by atoms with van der Waals surface area (Å²) in [7, 11) is 3.09. The van der Waals surface area contributed by atoms with E-state index in [1.54, 1.807) is 13.0 Å². The van der Waals surface area contributed by atoms with Crippen LogP contribution in [-0.4, -0.2) is 67.4 Å². The number of thiazole rings is 1. The van der Waals surface area contributed by atoms with Gasteiger partial charge in [-0.15, -0.1) is 27.8 Å². The van der Waals surface area contributed by atoms with Gasteiger partial charge in [0.05, 0.1) is 11.1 Å². The Labute approximate surface area is 229 Å². The lowest BCUT2D eigenvalue weighted by Crippen LogP contribution is -2.71. The van der Waals surface area contributed by atoms with E-state index in [4.69, 9.17) is 10.6 Å². The number of halogens is 1. The highest BCUT2D eigenvalue weighted by Gasteiger charge is 2.54. The molecule has 4 N–H and O–H groups in total. The van der Waals surface area contributed by atoms with Gasteiger partial charge >= 0.3 is 5.97 Å². The number of carboxylic acids is 1. The molecule has 15 heteroatoms. The number of nitrogens with one attached hydrogen (secondary N) is 1. The standard InChI is InChI=1S/C24H24FN7O5S2/c1-10-5-16-13(6-14(10)25)11(2)31(30(16)3)7-12-8-38-22-18(21(34)32(22)19(12)23(35)36)28-20(33)17(29-37-4)15-9-39-24(26)27-15/h5-6,9,18,22H,7-8H2,1-4H3,(H3-,26,27,28,33,35,36)/p+1/b29-17-/t18-,22-/m1/s1. The predicted octanol–water partition coefficient (Wildman–Crippen LogP) is 1.05. The summed E-state index contributed by atoms with van der Waals surface area (Å²) in [4.78, 5) is 48.5. The molecule has 0 saturated carbocycles. The van der Waals surface area contributed by atoms with Crippen LogP contribution in [0.5, 0.6) is 0 Å². The third kappa shape index (κ3) is 4.40. The van der Waals surface area contributed by atoms with Crippen LogP contribution in [0.4, 0.5) is 9.52 Å². The molecule has 204 valence electrons. The molecule has 1 aromatic carbocycles. The maximum atomic E-state index is 14.3. The van der Waals surface area contributed by atoms with Crippen molar-refractivity contribution in [1.29, 1.82) is 0 Å². The quantitative estimate of drug-likeness (QED) is 0.164. The summed E-state index contributed by atoms with van der Waals surface area (Å²) in [5.74, 6) is -2.50. The van der Waals surface area contributed by atoms with E-state index in [1.165, 1.54) is 35.2 Å². The van der Waals surface area contributed by atoms with Gasteiger partial charge in [0.15, 0.2) is 17.9 Å². The molecule has 2 aromatic heterocycles. The van der Waals surface area contributed by atoms with Gasteiger partial charge in [-0.1, -0.05) is 5.16 Å². The molecular formula is C24H25FN7O5S2+. The molecule has 2 atom stereocenters. The van der Waals surface area contributed by atoms with Crippen molar-refractivity contribution in [3.8, 4) is 0 Å². The van der Waals surface area contributed by atoms with E-state index in [2.05, 4.69) is 15.5 Å². The Morgan fingerprint density at radius 1 is 1.38 bits per heavy atom. The number of carboxylic acid groups (broad SMARTS) is 1. The normalized spacial score (nSPS) is 19.3. The van der Waals surface area contributed by atoms with Crippen LogP contribution in [0.2, 0.25) is 0 Å². The molecule has 0 aliphatic carbocycles. The number of nitrogens with two attached hydrogens (primary N) is 1. The Bertz CT molecular complexity index is 1570. The summed E-state index contributed by atoms with van der Waals surface area (Å²) in [6.45, 7) is 3.72. The number of carbonyl (C=O) groups is 3. The van der Waals surface area contributed by atoms with Crippen molar-refractivity contribution < 1.29 is 33.4 Å². The molecule has 39 heavy (non-hydrogen) atoms. The van der Waals surface area contributed by atoms with Crippen molar-refractivity contribution in [1.82, 2.24) is 19.9 Å². The van der Waals surface area contributed by atoms with Crippen molar-refractivity contribution >= 4 is 62.6 Å². The van der Waals surface area contributed by atoms with Gasteiger partial charge in [0.25, 0.3) is 11.8 Å². The van der Waals surface area contributed by atoms with E-state index in [-0.39, 0.29) is 34.6 Å². The number of hydrogen-bond acceptors (Lipinski definition) is 9. The van der Waals surface area contributed by atoms with Crippen molar-refractivity contribution in [3.63, 3.8) is 0 Å². The van der Waals surface area contributed by atoms with Gasteiger partial charge < -0.3 is 21.0 Å². The minimum absolute atomic E-state index is 0.119. The zero-order valence-corrected chi connectivity index (χ0v) is 23.0. The molecule has 1 saturated heterocycles. The fourth-order valence-corrected chi connectivity index (χ4v) is 6.71. The summed E-state index contributed by atoms with van der Waals surface area (Å²) >= 11 is 2.47. The zero-order valence-electron chi connectivity index (χ0n) is 21.4. The Morgan fingerprint density at radius 2 is 2.13 bits per heavy atom. The molecule has 5 rings (SSSR count). The number of hydrogen-bond donors (Lipinski definition) is 3. The SMILES string of the molecule is CO/N=C(\C(=O)N[C@@H]1C(=O)N2C(C(=O)O)=C(Cn3c(C)c4cc(F)c(C)cc4[n+]3C)CS[C@H]12)c1csc(N)n1. The largest absolute Gasteiger partial charge is 0.477 e. The van der Waals surface area contributed by atoms with Crippen LogP contribution in [0.25, 0.3) is 10.9 Å². The highest BCUT2D eigenvalue weighted by molar-refractivity contribution is 8.00. The molecule has 3 aromatic rings. The number of aryl methyl sites for hydroxylation is 3. The highest BCUT2D eigenvalue weighted by Crippen LogP contribution is 2.41. The van der Waals surface area contributed by atoms with E-state index in [0.29, 0.717) is 16.9 Å². The van der Waals surface area contributed by atoms with Crippen LogP contribution in [0.1, 0.15) is 17.0 Å². The van der Waals surface area contributed by atoms with Crippen LogP contribution >= 0.6 is 23.1 Å². The van der Waals surface area contributed by atoms with Gasteiger partial charge in [-0.25, -0.2) is 14.2 Å². The number of fused-ring (bicyclic) bond motifs is 2. The molecule has 12 nitrogen and oxygen atoms in total. The molecule has 0 radical (unpaired) electrons. The third-order valence-electron chi connectivity index (χ3n) is 6.80. The zero-order chi connectivity index (χ0) is 28.2. The van der Waals surface area contributed by atoms with Crippen LogP contribution in [-0.2, 0) is 32.8 Å². The number of thioether (sulfide) groups is 1. The minimum atomic E-state index is -1.24. The number of oxime groups is 1. The first-order valence-corrected chi connectivity index (χ1v) is 13.6. The number of anilines is 1. The number of nitrogens with zero attached hydrogens (tertiary/aromatic N) is 5. The minimum Gasteiger partial charge on any atom is -0.477 e. The number of aliphatic carboxylic acids is 1. The highest BCUT2D eigenvalue weighted by atomic mass is 32.2. The molecule has 2 aliphatic rings. The van der Waals surface area contributed by atoms with Crippen molar-refractivity contribution in [3.05, 3.63) is 51.6 Å². The summed E-state index contributed by atoms with van der Waals surface area (Å²) < 4.78 is 18.0. The van der Waals surface area contributed by atoms with Crippen molar-refractivity contribution in [2.45, 2.75) is 31.8 Å². The second-order valence-corrected chi connectivity index (χ2v) is 11.1. The first kappa shape index (κ1) is 26.6. The van der Waals surface area contributed by atoms with E-state index in [0.717, 1.165) is 27.9 Å². The van der Waals surface area contributed by atoms with Gasteiger partial charge in [0.1, 0.15) is 42.3 Å². The third-order valence-corrected chi connectivity index (χ3v) is 8.82. The maximum absolute atomic E-state index is 14.3. The smallest absolute Gasteiger partial charge is 0.352 e. The van der Waals surface area contributed by atoms with Crippen molar-refractivity contribution in [2.75, 3.05) is 18.6 Å². The Hall–Kier alpha value is -3.98. The molecule has 1 fully saturated rings. The molecule has 2 amide bonds. The first-order valence-electron chi connectivity index (χ1n) is 11.7. The van der Waals surface area contributed by atoms with Crippen LogP contribution in [0, 0.1) is 19.7 Å². The average Bonchev–Trinajstić information content (AvgIpc) is 3.42. The molecular weight excluding hydrogens is 549 g/mol. The Balaban J connectivity index is 1.41. The van der Waals surface area contributed by atoms with Gasteiger partial charge in [0.2, 0.25) is 5.52 Å². The second-order valence-electron chi connectivity index (χ2n) is 9.10. The molecule has 0 unspecified atom stereocenters. The van der Waals surface area contributed by atoms with Gasteiger partial charge in [-0.3, -0.25) is 14.5 Å². The predicted molar refractivity (Wildman–Crippen MR) is 142 cm³/mol. The lowest BCUT2D eigenvalue weighted by Gasteiger charge is -2.49. The number of amides is 2. The molecule has 4 heterocycles. The second kappa shape index (κ2) is 9.96. The monoisotopic (exact) mass is 574 g/mol. The number of benzene rings is 1. The fourth-order valence-electron chi connectivity index (χ4n) is 4.83. The number of rotatable bonds is 7. The maximum Gasteiger partial charge on any atom is 0.352 e. The Morgan fingerprint density at radius 3 is 2.77 bits per heavy atom. The van der Waals surface area contributed by atoms with Crippen LogP contribution in [0.3, 0.4) is 0 Å². The topological polar surface area (TPSA) is 156 Å². The van der Waals surface area contributed by atoms with E-state index < -0.39 is 29.2 Å². The van der Waals surface area contributed by atoms with Gasteiger partial charge in [0, 0.05) is 17.2 Å². The molecule has 0 spiro atoms. The van der Waals surface area contributed by atoms with E-state index in [9.17, 15) is 23.9 Å². The van der Waals surface area contributed by atoms with E-state index in [1.807, 2.05) is 23.3 Å². The summed E-state index contributed by atoms with van der Waals surface area (Å²) in [6.07, 6.45) is 0. The number of carbonyl (C=O) groups excluding carboxylic acids is 2. The number of nitrogen functional groups attached to an aromatic ring is 1.